The maximum atomic E-state index is 13.0. The molecular weight excluding hydrogens is 426 g/mol. The number of esters is 1. The van der Waals surface area contributed by atoms with Crippen molar-refractivity contribution in [1.82, 2.24) is 0 Å². The molecule has 5 nitrogen and oxygen atoms in total. The monoisotopic (exact) mass is 457 g/mol. The van der Waals surface area contributed by atoms with Gasteiger partial charge in [0.05, 0.1) is 0 Å². The molecule has 0 fully saturated rings. The number of hydrogen-bond acceptors (Lipinski definition) is 5. The average Bonchev–Trinajstić information content (AvgIpc) is 2.81. The molecule has 0 aromatic heterocycles. The molecular formula is C29H31NO4. The van der Waals surface area contributed by atoms with Crippen LogP contribution in [0.1, 0.15) is 51.8 Å². The van der Waals surface area contributed by atoms with Gasteiger partial charge in [-0.3, -0.25) is 0 Å². The summed E-state index contributed by atoms with van der Waals surface area (Å²) in [4.78, 5) is 13.0. The van der Waals surface area contributed by atoms with E-state index in [0.717, 1.165) is 0 Å². The SMILES string of the molecule is CC(C)C(Oc1ccc(C(C)(C)C)cc1)C(=O)OC(C#N)c1cccc(Oc2ccccc2)c1. The van der Waals surface area contributed by atoms with Gasteiger partial charge in [-0.2, -0.15) is 5.26 Å². The summed E-state index contributed by atoms with van der Waals surface area (Å²) in [5.74, 6) is 1.07. The highest BCUT2D eigenvalue weighted by molar-refractivity contribution is 5.76. The van der Waals surface area contributed by atoms with Crippen LogP contribution in [0.5, 0.6) is 17.2 Å². The molecule has 0 radical (unpaired) electrons. The molecule has 34 heavy (non-hydrogen) atoms. The summed E-state index contributed by atoms with van der Waals surface area (Å²) in [6.45, 7) is 10.2. The number of benzene rings is 3. The first kappa shape index (κ1) is 24.9. The lowest BCUT2D eigenvalue weighted by Gasteiger charge is -2.24. The van der Waals surface area contributed by atoms with Gasteiger partial charge in [0.25, 0.3) is 0 Å². The first-order valence-corrected chi connectivity index (χ1v) is 11.4. The number of carbonyl (C=O) groups is 1. The van der Waals surface area contributed by atoms with Crippen LogP contribution < -0.4 is 9.47 Å². The van der Waals surface area contributed by atoms with Gasteiger partial charge in [-0.15, -0.1) is 0 Å². The van der Waals surface area contributed by atoms with Crippen molar-refractivity contribution in [2.24, 2.45) is 5.92 Å². The molecule has 5 heteroatoms. The van der Waals surface area contributed by atoms with E-state index < -0.39 is 18.2 Å². The Labute approximate surface area is 201 Å². The van der Waals surface area contributed by atoms with Crippen LogP contribution in [0.2, 0.25) is 0 Å². The Hall–Kier alpha value is -3.78. The predicted molar refractivity (Wildman–Crippen MR) is 132 cm³/mol. The molecule has 2 unspecified atom stereocenters. The molecule has 0 aliphatic heterocycles. The van der Waals surface area contributed by atoms with E-state index in [4.69, 9.17) is 14.2 Å². The van der Waals surface area contributed by atoms with Gasteiger partial charge >= 0.3 is 5.97 Å². The molecule has 0 bridgehead atoms. The zero-order valence-electron chi connectivity index (χ0n) is 20.3. The molecule has 0 heterocycles. The van der Waals surface area contributed by atoms with Gasteiger partial charge in [0.1, 0.15) is 23.3 Å². The largest absolute Gasteiger partial charge is 0.478 e. The lowest BCUT2D eigenvalue weighted by atomic mass is 9.87. The van der Waals surface area contributed by atoms with Gasteiger partial charge in [0.2, 0.25) is 6.10 Å². The molecule has 0 aliphatic rings. The van der Waals surface area contributed by atoms with Crippen molar-refractivity contribution >= 4 is 5.97 Å². The molecule has 3 aromatic rings. The number of hydrogen-bond donors (Lipinski definition) is 0. The highest BCUT2D eigenvalue weighted by atomic mass is 16.6. The maximum Gasteiger partial charge on any atom is 0.349 e. The Morgan fingerprint density at radius 2 is 1.50 bits per heavy atom. The third kappa shape index (κ3) is 6.62. The minimum atomic E-state index is -1.08. The van der Waals surface area contributed by atoms with E-state index in [9.17, 15) is 10.1 Å². The third-order valence-electron chi connectivity index (χ3n) is 5.31. The lowest BCUT2D eigenvalue weighted by molar-refractivity contribution is -0.157. The molecule has 176 valence electrons. The lowest BCUT2D eigenvalue weighted by Crippen LogP contribution is -2.35. The summed E-state index contributed by atoms with van der Waals surface area (Å²) in [6, 6.07) is 26.1. The van der Waals surface area contributed by atoms with E-state index >= 15 is 0 Å². The fourth-order valence-electron chi connectivity index (χ4n) is 3.35. The normalized spacial score (nSPS) is 13.0. The summed E-state index contributed by atoms with van der Waals surface area (Å²) in [7, 11) is 0. The number of carbonyl (C=O) groups excluding carboxylic acids is 1. The topological polar surface area (TPSA) is 68.5 Å². The van der Waals surface area contributed by atoms with Crippen molar-refractivity contribution in [3.05, 3.63) is 90.0 Å². The van der Waals surface area contributed by atoms with Crippen molar-refractivity contribution in [3.63, 3.8) is 0 Å². The molecule has 3 aromatic carbocycles. The number of para-hydroxylation sites is 1. The molecule has 0 saturated heterocycles. The van der Waals surface area contributed by atoms with Crippen LogP contribution >= 0.6 is 0 Å². The smallest absolute Gasteiger partial charge is 0.349 e. The van der Waals surface area contributed by atoms with E-state index in [1.165, 1.54) is 5.56 Å². The second-order valence-electron chi connectivity index (χ2n) is 9.49. The van der Waals surface area contributed by atoms with Gasteiger partial charge in [-0.05, 0) is 47.4 Å². The van der Waals surface area contributed by atoms with Gasteiger partial charge in [-0.1, -0.05) is 77.1 Å². The number of rotatable bonds is 8. The van der Waals surface area contributed by atoms with Crippen molar-refractivity contribution in [3.8, 4) is 23.3 Å². The van der Waals surface area contributed by atoms with Crippen LogP contribution in [0.4, 0.5) is 0 Å². The van der Waals surface area contributed by atoms with E-state index in [1.807, 2.05) is 68.4 Å². The fourth-order valence-corrected chi connectivity index (χ4v) is 3.35. The van der Waals surface area contributed by atoms with Crippen molar-refractivity contribution in [2.45, 2.75) is 52.2 Å². The zero-order chi connectivity index (χ0) is 24.7. The summed E-state index contributed by atoms with van der Waals surface area (Å²) in [6.07, 6.45) is -1.93. The number of nitriles is 1. The fraction of sp³-hybridized carbons (Fsp3) is 0.310. The van der Waals surface area contributed by atoms with Gasteiger partial charge < -0.3 is 14.2 Å². The molecule has 0 spiro atoms. The van der Waals surface area contributed by atoms with Crippen LogP contribution in [0.25, 0.3) is 0 Å². The van der Waals surface area contributed by atoms with Gasteiger partial charge in [0.15, 0.2) is 6.10 Å². The summed E-state index contributed by atoms with van der Waals surface area (Å²) in [5.41, 5.74) is 1.72. The Kier molecular flexibility index (Phi) is 7.96. The summed E-state index contributed by atoms with van der Waals surface area (Å²) >= 11 is 0. The zero-order valence-corrected chi connectivity index (χ0v) is 20.3. The maximum absolute atomic E-state index is 13.0. The Balaban J connectivity index is 1.72. The quantitative estimate of drug-likeness (QED) is 0.341. The van der Waals surface area contributed by atoms with Crippen LogP contribution in [-0.2, 0) is 14.9 Å². The van der Waals surface area contributed by atoms with E-state index in [2.05, 4.69) is 26.8 Å². The first-order valence-electron chi connectivity index (χ1n) is 11.4. The number of ether oxygens (including phenoxy) is 3. The summed E-state index contributed by atoms with van der Waals surface area (Å²) < 4.78 is 17.4. The molecule has 0 N–H and O–H groups in total. The molecule has 0 saturated carbocycles. The average molecular weight is 458 g/mol. The van der Waals surface area contributed by atoms with Crippen molar-refractivity contribution in [1.29, 1.82) is 5.26 Å². The summed E-state index contributed by atoms with van der Waals surface area (Å²) in [5, 5.41) is 9.72. The van der Waals surface area contributed by atoms with Crippen LogP contribution in [0.15, 0.2) is 78.9 Å². The Morgan fingerprint density at radius 1 is 0.853 bits per heavy atom. The van der Waals surface area contributed by atoms with Crippen LogP contribution in [0, 0.1) is 17.2 Å². The second-order valence-corrected chi connectivity index (χ2v) is 9.49. The van der Waals surface area contributed by atoms with Crippen molar-refractivity contribution < 1.29 is 19.0 Å². The van der Waals surface area contributed by atoms with Gasteiger partial charge in [-0.25, -0.2) is 4.79 Å². The van der Waals surface area contributed by atoms with E-state index in [1.54, 1.807) is 24.3 Å². The van der Waals surface area contributed by atoms with Crippen LogP contribution in [-0.4, -0.2) is 12.1 Å². The standard InChI is InChI=1S/C29H31NO4/c1-20(2)27(33-24-16-14-22(15-17-24)29(3,4)5)28(31)34-26(19-30)21-10-9-13-25(18-21)32-23-11-7-6-8-12-23/h6-18,20,26-27H,1-5H3. The Morgan fingerprint density at radius 3 is 2.09 bits per heavy atom. The van der Waals surface area contributed by atoms with Crippen molar-refractivity contribution in [2.75, 3.05) is 0 Å². The first-order chi connectivity index (χ1) is 16.2. The molecule has 2 atom stereocenters. The molecule has 0 aliphatic carbocycles. The highest BCUT2D eigenvalue weighted by Crippen LogP contribution is 2.28. The van der Waals surface area contributed by atoms with Gasteiger partial charge in [0, 0.05) is 11.5 Å². The number of nitrogens with zero attached hydrogens (tertiary/aromatic N) is 1. The third-order valence-corrected chi connectivity index (χ3v) is 5.31. The Bertz CT molecular complexity index is 1130. The van der Waals surface area contributed by atoms with Crippen LogP contribution in [0.3, 0.4) is 0 Å². The molecule has 0 amide bonds. The molecule has 3 rings (SSSR count). The van der Waals surface area contributed by atoms with E-state index in [-0.39, 0.29) is 11.3 Å². The van der Waals surface area contributed by atoms with E-state index in [0.29, 0.717) is 22.8 Å². The minimum absolute atomic E-state index is 0.0215. The predicted octanol–water partition coefficient (Wildman–Crippen LogP) is 6.99. The second kappa shape index (κ2) is 10.9. The minimum Gasteiger partial charge on any atom is -0.478 e. The highest BCUT2D eigenvalue weighted by Gasteiger charge is 2.29.